The lowest BCUT2D eigenvalue weighted by atomic mass is 10.2. The van der Waals surface area contributed by atoms with E-state index >= 15 is 0 Å². The Morgan fingerprint density at radius 2 is 2.05 bits per heavy atom. The maximum atomic E-state index is 11.6. The van der Waals surface area contributed by atoms with E-state index < -0.39 is 17.9 Å². The zero-order chi connectivity index (χ0) is 14.1. The van der Waals surface area contributed by atoms with Gasteiger partial charge in [0.2, 0.25) is 0 Å². The fraction of sp³-hybridized carbons (Fsp3) is 0.385. The van der Waals surface area contributed by atoms with Crippen LogP contribution in [0.4, 0.5) is 0 Å². The van der Waals surface area contributed by atoms with Gasteiger partial charge >= 0.3 is 0 Å². The van der Waals surface area contributed by atoms with E-state index in [0.717, 1.165) is 0 Å². The maximum absolute atomic E-state index is 11.6. The molecule has 0 aromatic heterocycles. The highest BCUT2D eigenvalue weighted by Gasteiger charge is 2.13. The SMILES string of the molecule is CSCC[C@@H](NC(=O)COc1ccccc1)C(=O)[O-]. The normalized spacial score (nSPS) is 11.6. The van der Waals surface area contributed by atoms with Gasteiger partial charge in [-0.2, -0.15) is 11.8 Å². The van der Waals surface area contributed by atoms with Gasteiger partial charge in [0.05, 0.1) is 12.0 Å². The molecular formula is C13H16NO4S-. The molecule has 0 saturated heterocycles. The molecule has 1 aromatic rings. The average molecular weight is 282 g/mol. The first-order valence-electron chi connectivity index (χ1n) is 5.80. The summed E-state index contributed by atoms with van der Waals surface area (Å²) in [6, 6.07) is 7.88. The number of rotatable bonds is 8. The van der Waals surface area contributed by atoms with Crippen LogP contribution in [0.25, 0.3) is 0 Å². The molecule has 1 aromatic carbocycles. The number of carboxylic acids is 1. The van der Waals surface area contributed by atoms with Crippen molar-refractivity contribution < 1.29 is 19.4 Å². The summed E-state index contributed by atoms with van der Waals surface area (Å²) in [5, 5.41) is 13.2. The molecule has 0 aliphatic heterocycles. The number of hydrogen-bond donors (Lipinski definition) is 1. The van der Waals surface area contributed by atoms with Gasteiger partial charge in [0.15, 0.2) is 6.61 Å². The van der Waals surface area contributed by atoms with E-state index in [0.29, 0.717) is 17.9 Å². The standard InChI is InChI=1S/C13H17NO4S/c1-19-8-7-11(13(16)17)14-12(15)9-18-10-5-3-2-4-6-10/h2-6,11H,7-9H2,1H3,(H,14,15)(H,16,17)/p-1/t11-/m1/s1. The largest absolute Gasteiger partial charge is 0.548 e. The van der Waals surface area contributed by atoms with Crippen molar-refractivity contribution >= 4 is 23.6 Å². The molecule has 19 heavy (non-hydrogen) atoms. The molecule has 6 heteroatoms. The number of amides is 1. The highest BCUT2D eigenvalue weighted by Crippen LogP contribution is 2.07. The Morgan fingerprint density at radius 1 is 1.37 bits per heavy atom. The zero-order valence-electron chi connectivity index (χ0n) is 10.6. The second kappa shape index (κ2) is 8.42. The van der Waals surface area contributed by atoms with Crippen LogP contribution in [-0.4, -0.2) is 36.5 Å². The summed E-state index contributed by atoms with van der Waals surface area (Å²) in [6.07, 6.45) is 2.20. The van der Waals surface area contributed by atoms with Crippen LogP contribution in [0.5, 0.6) is 5.75 Å². The van der Waals surface area contributed by atoms with Gasteiger partial charge in [0, 0.05) is 0 Å². The van der Waals surface area contributed by atoms with E-state index in [1.807, 2.05) is 12.3 Å². The van der Waals surface area contributed by atoms with E-state index in [4.69, 9.17) is 4.74 Å². The summed E-state index contributed by atoms with van der Waals surface area (Å²) in [4.78, 5) is 22.4. The van der Waals surface area contributed by atoms with Crippen LogP contribution in [0.15, 0.2) is 30.3 Å². The lowest BCUT2D eigenvalue weighted by molar-refractivity contribution is -0.308. The summed E-state index contributed by atoms with van der Waals surface area (Å²) in [5.41, 5.74) is 0. The predicted molar refractivity (Wildman–Crippen MR) is 71.9 cm³/mol. The highest BCUT2D eigenvalue weighted by atomic mass is 32.2. The predicted octanol–water partition coefficient (Wildman–Crippen LogP) is 0.0532. The molecule has 1 rings (SSSR count). The van der Waals surface area contributed by atoms with Crippen molar-refractivity contribution in [3.05, 3.63) is 30.3 Å². The Bertz CT molecular complexity index is 410. The molecule has 1 atom stereocenters. The Labute approximate surface area is 116 Å². The van der Waals surface area contributed by atoms with E-state index in [1.54, 1.807) is 24.3 Å². The van der Waals surface area contributed by atoms with Crippen molar-refractivity contribution in [2.24, 2.45) is 0 Å². The van der Waals surface area contributed by atoms with E-state index in [9.17, 15) is 14.7 Å². The number of ether oxygens (including phenoxy) is 1. The second-order valence-electron chi connectivity index (χ2n) is 3.82. The first-order chi connectivity index (χ1) is 9.13. The van der Waals surface area contributed by atoms with Crippen molar-refractivity contribution in [3.63, 3.8) is 0 Å². The molecule has 1 N–H and O–H groups in total. The molecule has 0 fully saturated rings. The summed E-state index contributed by atoms with van der Waals surface area (Å²) >= 11 is 1.51. The lowest BCUT2D eigenvalue weighted by Gasteiger charge is -2.19. The van der Waals surface area contributed by atoms with Crippen LogP contribution in [-0.2, 0) is 9.59 Å². The molecule has 0 unspecified atom stereocenters. The number of carbonyl (C=O) groups excluding carboxylic acids is 2. The monoisotopic (exact) mass is 282 g/mol. The first-order valence-corrected chi connectivity index (χ1v) is 7.20. The fourth-order valence-corrected chi connectivity index (χ4v) is 1.86. The molecule has 0 bridgehead atoms. The third-order valence-corrected chi connectivity index (χ3v) is 2.99. The summed E-state index contributed by atoms with van der Waals surface area (Å²) in [6.45, 7) is -0.215. The number of thioether (sulfide) groups is 1. The highest BCUT2D eigenvalue weighted by molar-refractivity contribution is 7.98. The van der Waals surface area contributed by atoms with Crippen molar-refractivity contribution in [1.29, 1.82) is 0 Å². The average Bonchev–Trinajstić information content (AvgIpc) is 2.42. The number of hydrogen-bond acceptors (Lipinski definition) is 5. The molecule has 0 aliphatic carbocycles. The van der Waals surface area contributed by atoms with Crippen LogP contribution in [0, 0.1) is 0 Å². The number of carbonyl (C=O) groups is 2. The van der Waals surface area contributed by atoms with Gasteiger partial charge < -0.3 is 20.0 Å². The summed E-state index contributed by atoms with van der Waals surface area (Å²) in [5.74, 6) is -0.550. The number of nitrogens with one attached hydrogen (secondary N) is 1. The quantitative estimate of drug-likeness (QED) is 0.729. The molecule has 0 saturated carbocycles. The summed E-state index contributed by atoms with van der Waals surface area (Å²) in [7, 11) is 0. The van der Waals surface area contributed by atoms with Crippen molar-refractivity contribution in [1.82, 2.24) is 5.32 Å². The number of benzene rings is 1. The molecule has 1 amide bonds. The van der Waals surface area contributed by atoms with E-state index in [-0.39, 0.29) is 6.61 Å². The lowest BCUT2D eigenvalue weighted by Crippen LogP contribution is -2.49. The van der Waals surface area contributed by atoms with Crippen LogP contribution in [0.3, 0.4) is 0 Å². The van der Waals surface area contributed by atoms with Gasteiger partial charge in [0.1, 0.15) is 5.75 Å². The molecule has 0 heterocycles. The van der Waals surface area contributed by atoms with Crippen molar-refractivity contribution in [2.75, 3.05) is 18.6 Å². The van der Waals surface area contributed by atoms with Crippen LogP contribution in [0.1, 0.15) is 6.42 Å². The smallest absolute Gasteiger partial charge is 0.258 e. The third kappa shape index (κ3) is 6.15. The van der Waals surface area contributed by atoms with Gasteiger partial charge in [-0.1, -0.05) is 18.2 Å². The molecule has 5 nitrogen and oxygen atoms in total. The van der Waals surface area contributed by atoms with Gasteiger partial charge in [-0.25, -0.2) is 0 Å². The minimum atomic E-state index is -1.28. The fourth-order valence-electron chi connectivity index (χ4n) is 1.39. The van der Waals surface area contributed by atoms with Gasteiger partial charge in [-0.15, -0.1) is 0 Å². The topological polar surface area (TPSA) is 78.5 Å². The second-order valence-corrected chi connectivity index (χ2v) is 4.81. The molecule has 0 radical (unpaired) electrons. The van der Waals surface area contributed by atoms with Crippen LogP contribution >= 0.6 is 11.8 Å². The molecular weight excluding hydrogens is 266 g/mol. The summed E-state index contributed by atoms with van der Waals surface area (Å²) < 4.78 is 5.22. The van der Waals surface area contributed by atoms with Crippen LogP contribution < -0.4 is 15.2 Å². The van der Waals surface area contributed by atoms with Gasteiger partial charge in [-0.3, -0.25) is 4.79 Å². The Balaban J connectivity index is 2.38. The maximum Gasteiger partial charge on any atom is 0.258 e. The molecule has 104 valence electrons. The number of carboxylic acid groups (broad SMARTS) is 1. The van der Waals surface area contributed by atoms with E-state index in [2.05, 4.69) is 5.32 Å². The number of aliphatic carboxylic acids is 1. The Morgan fingerprint density at radius 3 is 2.63 bits per heavy atom. The van der Waals surface area contributed by atoms with Gasteiger partial charge in [0.25, 0.3) is 5.91 Å². The molecule has 0 aliphatic rings. The van der Waals surface area contributed by atoms with Gasteiger partial charge in [-0.05, 0) is 30.6 Å². The van der Waals surface area contributed by atoms with Crippen molar-refractivity contribution in [2.45, 2.75) is 12.5 Å². The Hall–Kier alpha value is -1.69. The van der Waals surface area contributed by atoms with E-state index in [1.165, 1.54) is 11.8 Å². The Kier molecular flexibility index (Phi) is 6.81. The first kappa shape index (κ1) is 15.4. The molecule has 0 spiro atoms. The minimum absolute atomic E-state index is 0.215. The van der Waals surface area contributed by atoms with Crippen molar-refractivity contribution in [3.8, 4) is 5.75 Å². The third-order valence-electron chi connectivity index (χ3n) is 2.34. The van der Waals surface area contributed by atoms with Crippen LogP contribution in [0.2, 0.25) is 0 Å². The zero-order valence-corrected chi connectivity index (χ0v) is 11.4. The number of para-hydroxylation sites is 1. The minimum Gasteiger partial charge on any atom is -0.548 e.